The third-order valence-electron chi connectivity index (χ3n) is 3.84. The Morgan fingerprint density at radius 3 is 2.71 bits per heavy atom. The fraction of sp³-hybridized carbons (Fsp3) is 0.444. The quantitative estimate of drug-likeness (QED) is 0.536. The van der Waals surface area contributed by atoms with Crippen molar-refractivity contribution in [2.45, 2.75) is 25.2 Å². The summed E-state index contributed by atoms with van der Waals surface area (Å²) in [5.74, 6) is 0. The molecule has 0 unspecified atom stereocenters. The minimum Gasteiger partial charge on any atom is -0.338 e. The molecule has 0 saturated heterocycles. The maximum absolute atomic E-state index is 12.6. The second-order valence-electron chi connectivity index (χ2n) is 6.50. The zero-order chi connectivity index (χ0) is 20.7. The number of aromatic nitrogens is 1. The van der Waals surface area contributed by atoms with E-state index in [0.717, 1.165) is 29.1 Å². The topological polar surface area (TPSA) is 103 Å². The third-order valence-corrected chi connectivity index (χ3v) is 6.42. The molecular weight excluding hydrogens is 398 g/mol. The fourth-order valence-electron chi connectivity index (χ4n) is 2.51. The van der Waals surface area contributed by atoms with Gasteiger partial charge < -0.3 is 10.2 Å². The Balaban J connectivity index is 2.16. The highest BCUT2D eigenvalue weighted by Gasteiger charge is 2.17. The number of thiazole rings is 1. The number of amides is 2. The lowest BCUT2D eigenvalue weighted by Gasteiger charge is -2.11. The van der Waals surface area contributed by atoms with Gasteiger partial charge in [0.2, 0.25) is 10.0 Å². The van der Waals surface area contributed by atoms with E-state index in [1.807, 2.05) is 38.9 Å². The minimum atomic E-state index is -3.59. The highest BCUT2D eigenvalue weighted by atomic mass is 32.2. The molecule has 0 aliphatic heterocycles. The Morgan fingerprint density at radius 2 is 2.04 bits per heavy atom. The summed E-state index contributed by atoms with van der Waals surface area (Å²) in [5, 5.41) is 5.80. The van der Waals surface area contributed by atoms with Crippen LogP contribution in [0.4, 0.5) is 9.93 Å². The number of carbonyl (C=O) groups excluding carboxylic acids is 1. The molecule has 0 bridgehead atoms. The minimum absolute atomic E-state index is 0.209. The largest absolute Gasteiger partial charge is 0.338 e. The molecule has 1 heterocycles. The molecule has 2 aromatic rings. The molecular formula is C18H27N5O3S2. The van der Waals surface area contributed by atoms with Crippen molar-refractivity contribution < 1.29 is 13.2 Å². The first-order valence-electron chi connectivity index (χ1n) is 9.00. The second-order valence-corrected chi connectivity index (χ2v) is 9.27. The molecule has 154 valence electrons. The first kappa shape index (κ1) is 22.3. The van der Waals surface area contributed by atoms with Gasteiger partial charge in [-0.05, 0) is 58.6 Å². The van der Waals surface area contributed by atoms with E-state index >= 15 is 0 Å². The number of hydrogen-bond donors (Lipinski definition) is 3. The van der Waals surface area contributed by atoms with E-state index in [9.17, 15) is 13.2 Å². The number of rotatable bonds is 9. The fourth-order valence-corrected chi connectivity index (χ4v) is 4.59. The summed E-state index contributed by atoms with van der Waals surface area (Å²) < 4.78 is 27.8. The molecule has 10 heteroatoms. The van der Waals surface area contributed by atoms with Crippen LogP contribution in [-0.2, 0) is 10.0 Å². The molecule has 0 aliphatic carbocycles. The normalized spacial score (nSPS) is 11.6. The van der Waals surface area contributed by atoms with Crippen LogP contribution in [0.15, 0.2) is 29.2 Å². The molecule has 8 nitrogen and oxygen atoms in total. The summed E-state index contributed by atoms with van der Waals surface area (Å²) >= 11 is 1.31. The zero-order valence-corrected chi connectivity index (χ0v) is 18.2. The predicted molar refractivity (Wildman–Crippen MR) is 113 cm³/mol. The molecule has 3 N–H and O–H groups in total. The van der Waals surface area contributed by atoms with Crippen molar-refractivity contribution in [2.75, 3.05) is 39.0 Å². The summed E-state index contributed by atoms with van der Waals surface area (Å²) in [6.07, 6.45) is 0.731. The van der Waals surface area contributed by atoms with Crippen LogP contribution < -0.4 is 15.4 Å². The maximum Gasteiger partial charge on any atom is 0.321 e. The summed E-state index contributed by atoms with van der Waals surface area (Å²) in [6.45, 7) is 5.37. The molecule has 28 heavy (non-hydrogen) atoms. The monoisotopic (exact) mass is 425 g/mol. The number of carbonyl (C=O) groups is 1. The van der Waals surface area contributed by atoms with Gasteiger partial charge in [0, 0.05) is 13.1 Å². The molecule has 1 aromatic carbocycles. The Labute approximate surface area is 170 Å². The van der Waals surface area contributed by atoms with Crippen molar-refractivity contribution in [1.82, 2.24) is 19.9 Å². The first-order chi connectivity index (χ1) is 13.2. The second kappa shape index (κ2) is 9.97. The van der Waals surface area contributed by atoms with Crippen molar-refractivity contribution in [3.8, 4) is 10.4 Å². The zero-order valence-electron chi connectivity index (χ0n) is 16.6. The summed E-state index contributed by atoms with van der Waals surface area (Å²) in [6, 6.07) is 6.43. The van der Waals surface area contributed by atoms with Crippen molar-refractivity contribution in [3.63, 3.8) is 0 Å². The van der Waals surface area contributed by atoms with E-state index < -0.39 is 10.0 Å². The van der Waals surface area contributed by atoms with E-state index in [1.54, 1.807) is 18.2 Å². The predicted octanol–water partition coefficient (Wildman–Crippen LogP) is 2.49. The number of benzene rings is 1. The van der Waals surface area contributed by atoms with E-state index in [1.165, 1.54) is 11.3 Å². The van der Waals surface area contributed by atoms with Gasteiger partial charge in [0.1, 0.15) is 0 Å². The lowest BCUT2D eigenvalue weighted by molar-refractivity contribution is 0.252. The van der Waals surface area contributed by atoms with E-state index in [2.05, 4.69) is 20.3 Å². The third kappa shape index (κ3) is 6.26. The number of sulfonamides is 1. The van der Waals surface area contributed by atoms with Crippen LogP contribution in [0.2, 0.25) is 0 Å². The Hall–Kier alpha value is -2.01. The lowest BCUT2D eigenvalue weighted by Crippen LogP contribution is -2.28. The Kier molecular flexibility index (Phi) is 7.93. The van der Waals surface area contributed by atoms with Crippen molar-refractivity contribution in [1.29, 1.82) is 0 Å². The molecule has 0 saturated carbocycles. The standard InChI is InChI=1S/C18H27N5O3S2/c1-5-19-17(24)22-18-21-13(2)16(27-18)14-8-6-9-15(12-14)28(25,26)20-10-7-11-23(3)4/h6,8-9,12,20H,5,7,10-11H2,1-4H3,(H2,19,21,22,24). The van der Waals surface area contributed by atoms with E-state index in [4.69, 9.17) is 0 Å². The van der Waals surface area contributed by atoms with Crippen LogP contribution in [0.5, 0.6) is 0 Å². The number of aryl methyl sites for hydroxylation is 1. The number of nitrogens with one attached hydrogen (secondary N) is 3. The van der Waals surface area contributed by atoms with E-state index in [0.29, 0.717) is 18.2 Å². The van der Waals surface area contributed by atoms with E-state index in [-0.39, 0.29) is 10.9 Å². The molecule has 0 spiro atoms. The van der Waals surface area contributed by atoms with Gasteiger partial charge in [-0.15, -0.1) is 0 Å². The average molecular weight is 426 g/mol. The van der Waals surface area contributed by atoms with Gasteiger partial charge in [-0.2, -0.15) is 0 Å². The Bertz CT molecular complexity index is 910. The molecule has 0 aliphatic rings. The molecule has 0 fully saturated rings. The SMILES string of the molecule is CCNC(=O)Nc1nc(C)c(-c2cccc(S(=O)(=O)NCCCN(C)C)c2)s1. The molecule has 0 atom stereocenters. The molecule has 2 rings (SSSR count). The number of nitrogens with zero attached hydrogens (tertiary/aromatic N) is 2. The van der Waals surface area contributed by atoms with Crippen LogP contribution in [0.1, 0.15) is 19.0 Å². The van der Waals surface area contributed by atoms with Gasteiger partial charge in [0.15, 0.2) is 5.13 Å². The van der Waals surface area contributed by atoms with Gasteiger partial charge in [-0.1, -0.05) is 23.5 Å². The van der Waals surface area contributed by atoms with Crippen LogP contribution >= 0.6 is 11.3 Å². The summed E-state index contributed by atoms with van der Waals surface area (Å²) in [5.41, 5.74) is 1.47. The van der Waals surface area contributed by atoms with Crippen LogP contribution in [0, 0.1) is 6.92 Å². The van der Waals surface area contributed by atoms with Gasteiger partial charge in [0.25, 0.3) is 0 Å². The first-order valence-corrected chi connectivity index (χ1v) is 11.3. The van der Waals surface area contributed by atoms with Crippen LogP contribution in [0.3, 0.4) is 0 Å². The number of urea groups is 1. The summed E-state index contributed by atoms with van der Waals surface area (Å²) in [7, 11) is 0.312. The van der Waals surface area contributed by atoms with Crippen molar-refractivity contribution >= 4 is 32.5 Å². The molecule has 0 radical (unpaired) electrons. The highest BCUT2D eigenvalue weighted by Crippen LogP contribution is 2.33. The average Bonchev–Trinajstić information content (AvgIpc) is 2.99. The van der Waals surface area contributed by atoms with Crippen molar-refractivity contribution in [3.05, 3.63) is 30.0 Å². The molecule has 1 aromatic heterocycles. The highest BCUT2D eigenvalue weighted by molar-refractivity contribution is 7.89. The van der Waals surface area contributed by atoms with Gasteiger partial charge >= 0.3 is 6.03 Å². The Morgan fingerprint density at radius 1 is 1.29 bits per heavy atom. The van der Waals surface area contributed by atoms with Gasteiger partial charge in [0.05, 0.1) is 15.5 Å². The smallest absolute Gasteiger partial charge is 0.321 e. The lowest BCUT2D eigenvalue weighted by atomic mass is 10.2. The van der Waals surface area contributed by atoms with Gasteiger partial charge in [-0.25, -0.2) is 22.9 Å². The number of hydrogen-bond acceptors (Lipinski definition) is 6. The van der Waals surface area contributed by atoms with Crippen LogP contribution in [0.25, 0.3) is 10.4 Å². The van der Waals surface area contributed by atoms with Crippen molar-refractivity contribution in [2.24, 2.45) is 0 Å². The van der Waals surface area contributed by atoms with Crippen LogP contribution in [-0.4, -0.2) is 58.1 Å². The molecule has 2 amide bonds. The van der Waals surface area contributed by atoms with Gasteiger partial charge in [-0.3, -0.25) is 5.32 Å². The maximum atomic E-state index is 12.6. The summed E-state index contributed by atoms with van der Waals surface area (Å²) in [4.78, 5) is 19.1. The number of anilines is 1.